The minimum atomic E-state index is -0.0303. The molecule has 0 aliphatic heterocycles. The predicted molar refractivity (Wildman–Crippen MR) is 64.2 cm³/mol. The second kappa shape index (κ2) is 6.48. The summed E-state index contributed by atoms with van der Waals surface area (Å²) in [4.78, 5) is 11.4. The number of carbonyl (C=O) groups excluding carboxylic acids is 1. The molecule has 0 aromatic heterocycles. The van der Waals surface area contributed by atoms with Gasteiger partial charge in [0.1, 0.15) is 0 Å². The van der Waals surface area contributed by atoms with Crippen LogP contribution in [-0.2, 0) is 4.79 Å². The first kappa shape index (κ1) is 12.1. The number of amides is 1. The van der Waals surface area contributed by atoms with Crippen LogP contribution in [0.5, 0.6) is 0 Å². The fraction of sp³-hybridized carbons (Fsp3) is 0.364. The molecule has 0 fully saturated rings. The van der Waals surface area contributed by atoms with E-state index in [0.717, 1.165) is 5.69 Å². The van der Waals surface area contributed by atoms with Crippen LogP contribution >= 0.6 is 11.8 Å². The summed E-state index contributed by atoms with van der Waals surface area (Å²) in [6.45, 7) is 2.12. The zero-order valence-corrected chi connectivity index (χ0v) is 9.51. The van der Waals surface area contributed by atoms with Gasteiger partial charge in [-0.2, -0.15) is 0 Å². The van der Waals surface area contributed by atoms with Crippen LogP contribution in [0.25, 0.3) is 0 Å². The van der Waals surface area contributed by atoms with Gasteiger partial charge < -0.3 is 10.4 Å². The smallest absolute Gasteiger partial charge is 0.234 e. The molecule has 4 heteroatoms. The maximum atomic E-state index is 11.4. The highest BCUT2D eigenvalue weighted by Crippen LogP contribution is 2.09. The lowest BCUT2D eigenvalue weighted by molar-refractivity contribution is -0.113. The van der Waals surface area contributed by atoms with Gasteiger partial charge >= 0.3 is 0 Å². The molecule has 0 spiro atoms. The van der Waals surface area contributed by atoms with E-state index in [2.05, 4.69) is 5.32 Å². The molecule has 0 unspecified atom stereocenters. The summed E-state index contributed by atoms with van der Waals surface area (Å²) in [5.41, 5.74) is 1.98. The lowest BCUT2D eigenvalue weighted by Gasteiger charge is -2.04. The molecule has 0 saturated carbocycles. The van der Waals surface area contributed by atoms with Gasteiger partial charge in [-0.25, -0.2) is 0 Å². The van der Waals surface area contributed by atoms with Gasteiger partial charge in [0.15, 0.2) is 0 Å². The molecular formula is C11H15NO2S. The summed E-state index contributed by atoms with van der Waals surface area (Å²) >= 11 is 1.42. The quantitative estimate of drug-likeness (QED) is 0.749. The second-order valence-corrected chi connectivity index (χ2v) is 4.30. The van der Waals surface area contributed by atoms with Gasteiger partial charge in [-0.1, -0.05) is 17.7 Å². The summed E-state index contributed by atoms with van der Waals surface area (Å²) in [6, 6.07) is 7.67. The van der Waals surface area contributed by atoms with Crippen LogP contribution in [0, 0.1) is 6.92 Å². The van der Waals surface area contributed by atoms with Crippen LogP contribution in [0.15, 0.2) is 24.3 Å². The first-order valence-electron chi connectivity index (χ1n) is 4.77. The number of nitrogens with one attached hydrogen (secondary N) is 1. The topological polar surface area (TPSA) is 49.3 Å². The number of aliphatic hydroxyl groups is 1. The number of benzene rings is 1. The number of rotatable bonds is 5. The highest BCUT2D eigenvalue weighted by atomic mass is 32.2. The average molecular weight is 225 g/mol. The van der Waals surface area contributed by atoms with Gasteiger partial charge in [-0.05, 0) is 19.1 Å². The fourth-order valence-corrected chi connectivity index (χ4v) is 1.59. The third-order valence-corrected chi connectivity index (χ3v) is 2.74. The monoisotopic (exact) mass is 225 g/mol. The van der Waals surface area contributed by atoms with Crippen LogP contribution < -0.4 is 5.32 Å². The predicted octanol–water partition coefficient (Wildman–Crippen LogP) is 1.66. The number of carbonyl (C=O) groups is 1. The van der Waals surface area contributed by atoms with Crippen molar-refractivity contribution in [1.29, 1.82) is 0 Å². The van der Waals surface area contributed by atoms with Crippen LogP contribution in [0.3, 0.4) is 0 Å². The summed E-state index contributed by atoms with van der Waals surface area (Å²) < 4.78 is 0. The van der Waals surface area contributed by atoms with E-state index in [4.69, 9.17) is 5.11 Å². The van der Waals surface area contributed by atoms with E-state index in [1.165, 1.54) is 17.3 Å². The molecule has 2 N–H and O–H groups in total. The molecule has 0 radical (unpaired) electrons. The Morgan fingerprint density at radius 3 is 2.67 bits per heavy atom. The Morgan fingerprint density at radius 1 is 1.40 bits per heavy atom. The van der Waals surface area contributed by atoms with E-state index >= 15 is 0 Å². The van der Waals surface area contributed by atoms with Crippen molar-refractivity contribution in [2.45, 2.75) is 6.92 Å². The van der Waals surface area contributed by atoms with Crippen LogP contribution in [0.2, 0.25) is 0 Å². The Morgan fingerprint density at radius 2 is 2.07 bits per heavy atom. The largest absolute Gasteiger partial charge is 0.396 e. The van der Waals surface area contributed by atoms with E-state index in [9.17, 15) is 4.79 Å². The highest BCUT2D eigenvalue weighted by molar-refractivity contribution is 7.99. The number of aryl methyl sites for hydroxylation is 1. The highest BCUT2D eigenvalue weighted by Gasteiger charge is 2.01. The minimum Gasteiger partial charge on any atom is -0.396 e. The van der Waals surface area contributed by atoms with Crippen LogP contribution in [0.4, 0.5) is 5.69 Å². The van der Waals surface area contributed by atoms with Gasteiger partial charge in [-0.3, -0.25) is 4.79 Å². The third-order valence-electron chi connectivity index (χ3n) is 1.80. The first-order chi connectivity index (χ1) is 7.22. The van der Waals surface area contributed by atoms with Crippen molar-refractivity contribution in [3.8, 4) is 0 Å². The molecule has 3 nitrogen and oxygen atoms in total. The number of anilines is 1. The number of aliphatic hydroxyl groups excluding tert-OH is 1. The number of thioether (sulfide) groups is 1. The molecule has 1 aromatic rings. The Kier molecular flexibility index (Phi) is 5.21. The lowest BCUT2D eigenvalue weighted by Crippen LogP contribution is -2.14. The maximum absolute atomic E-state index is 11.4. The van der Waals surface area contributed by atoms with Crippen molar-refractivity contribution in [2.75, 3.05) is 23.4 Å². The fourth-order valence-electron chi connectivity index (χ4n) is 1.06. The number of hydrogen-bond acceptors (Lipinski definition) is 3. The van der Waals surface area contributed by atoms with Crippen molar-refractivity contribution in [2.24, 2.45) is 0 Å². The third kappa shape index (κ3) is 4.85. The molecule has 0 saturated heterocycles. The first-order valence-corrected chi connectivity index (χ1v) is 5.93. The summed E-state index contributed by atoms with van der Waals surface area (Å²) in [7, 11) is 0. The van der Waals surface area contributed by atoms with E-state index < -0.39 is 0 Å². The molecule has 82 valence electrons. The van der Waals surface area contributed by atoms with Gasteiger partial charge in [0.25, 0.3) is 0 Å². The lowest BCUT2D eigenvalue weighted by atomic mass is 10.2. The van der Waals surface area contributed by atoms with Crippen LogP contribution in [-0.4, -0.2) is 29.1 Å². The van der Waals surface area contributed by atoms with E-state index in [0.29, 0.717) is 11.5 Å². The Labute approximate surface area is 93.9 Å². The van der Waals surface area contributed by atoms with Crippen molar-refractivity contribution in [1.82, 2.24) is 0 Å². The molecule has 0 aliphatic carbocycles. The summed E-state index contributed by atoms with van der Waals surface area (Å²) in [5.74, 6) is 0.952. The van der Waals surface area contributed by atoms with E-state index in [-0.39, 0.29) is 12.5 Å². The molecule has 1 amide bonds. The summed E-state index contributed by atoms with van der Waals surface area (Å²) in [5, 5.41) is 11.3. The van der Waals surface area contributed by atoms with E-state index in [1.807, 2.05) is 31.2 Å². The van der Waals surface area contributed by atoms with Crippen molar-refractivity contribution >= 4 is 23.4 Å². The normalized spacial score (nSPS) is 10.0. The van der Waals surface area contributed by atoms with Gasteiger partial charge in [-0.15, -0.1) is 11.8 Å². The van der Waals surface area contributed by atoms with Crippen molar-refractivity contribution < 1.29 is 9.90 Å². The maximum Gasteiger partial charge on any atom is 0.234 e. The standard InChI is InChI=1S/C11H15NO2S/c1-9-2-4-10(5-3-9)12-11(14)8-15-7-6-13/h2-5,13H,6-8H2,1H3,(H,12,14). The van der Waals surface area contributed by atoms with Gasteiger partial charge in [0.2, 0.25) is 5.91 Å². The summed E-state index contributed by atoms with van der Waals surface area (Å²) in [6.07, 6.45) is 0. The SMILES string of the molecule is Cc1ccc(NC(=O)CSCCO)cc1. The average Bonchev–Trinajstić information content (AvgIpc) is 2.22. The van der Waals surface area contributed by atoms with Gasteiger partial charge in [0, 0.05) is 11.4 Å². The minimum absolute atomic E-state index is 0.0303. The van der Waals surface area contributed by atoms with Crippen LogP contribution in [0.1, 0.15) is 5.56 Å². The molecular weight excluding hydrogens is 210 g/mol. The molecule has 1 rings (SSSR count). The van der Waals surface area contributed by atoms with E-state index in [1.54, 1.807) is 0 Å². The zero-order valence-electron chi connectivity index (χ0n) is 8.69. The Bertz CT molecular complexity index is 311. The molecule has 0 heterocycles. The number of hydrogen-bond donors (Lipinski definition) is 2. The molecule has 1 aromatic carbocycles. The second-order valence-electron chi connectivity index (χ2n) is 3.19. The molecule has 0 bridgehead atoms. The molecule has 15 heavy (non-hydrogen) atoms. The van der Waals surface area contributed by atoms with Gasteiger partial charge in [0.05, 0.1) is 12.4 Å². The zero-order chi connectivity index (χ0) is 11.1. The molecule has 0 atom stereocenters. The van der Waals surface area contributed by atoms with Crippen molar-refractivity contribution in [3.63, 3.8) is 0 Å². The van der Waals surface area contributed by atoms with Crippen molar-refractivity contribution in [3.05, 3.63) is 29.8 Å². The molecule has 0 aliphatic rings. The Balaban J connectivity index is 2.34. The Hall–Kier alpha value is -1.00.